The molecule has 1 N–H and O–H groups in total. The van der Waals surface area contributed by atoms with Crippen molar-refractivity contribution in [1.29, 1.82) is 0 Å². The van der Waals surface area contributed by atoms with E-state index in [1.54, 1.807) is 48.2 Å². The Labute approximate surface area is 154 Å². The molecule has 0 spiro atoms. The van der Waals surface area contributed by atoms with Crippen LogP contribution in [0.25, 0.3) is 17.0 Å². The van der Waals surface area contributed by atoms with Gasteiger partial charge in [0, 0.05) is 25.4 Å². The minimum Gasteiger partial charge on any atom is -0.496 e. The van der Waals surface area contributed by atoms with E-state index >= 15 is 0 Å². The lowest BCUT2D eigenvalue weighted by atomic mass is 10.3. The predicted octanol–water partition coefficient (Wildman–Crippen LogP) is 2.01. The average Bonchev–Trinajstić information content (AvgIpc) is 3.24. The van der Waals surface area contributed by atoms with Gasteiger partial charge in [0.1, 0.15) is 11.6 Å². The third kappa shape index (κ3) is 3.01. The van der Waals surface area contributed by atoms with Crippen molar-refractivity contribution in [3.63, 3.8) is 0 Å². The van der Waals surface area contributed by atoms with E-state index in [0.717, 1.165) is 22.4 Å². The fourth-order valence-electron chi connectivity index (χ4n) is 2.70. The summed E-state index contributed by atoms with van der Waals surface area (Å²) in [5.74, 6) is 2.20. The largest absolute Gasteiger partial charge is 0.496 e. The molecule has 0 saturated heterocycles. The number of methoxy groups -OCH3 is 2. The Hall–Kier alpha value is -3.69. The SMILES string of the molecule is COc1ccnc(-n2cc(Nc3cc(OC)c4cnn(C)c4n3)c(C)n2)n1. The molecular formula is C17H18N8O2. The number of anilines is 2. The summed E-state index contributed by atoms with van der Waals surface area (Å²) in [5, 5.41) is 12.8. The van der Waals surface area contributed by atoms with Crippen molar-refractivity contribution in [2.45, 2.75) is 6.92 Å². The van der Waals surface area contributed by atoms with Crippen LogP contribution in [-0.4, -0.2) is 48.7 Å². The first kappa shape index (κ1) is 16.8. The summed E-state index contributed by atoms with van der Waals surface area (Å²) in [4.78, 5) is 13.1. The van der Waals surface area contributed by atoms with Gasteiger partial charge in [-0.1, -0.05) is 0 Å². The summed E-state index contributed by atoms with van der Waals surface area (Å²) in [6, 6.07) is 3.50. The number of ether oxygens (including phenoxy) is 2. The van der Waals surface area contributed by atoms with E-state index in [4.69, 9.17) is 9.47 Å². The molecule has 0 aliphatic carbocycles. The zero-order valence-electron chi connectivity index (χ0n) is 15.3. The third-order valence-corrected chi connectivity index (χ3v) is 4.08. The highest BCUT2D eigenvalue weighted by Gasteiger charge is 2.13. The first-order valence-corrected chi connectivity index (χ1v) is 8.16. The average molecular weight is 366 g/mol. The number of hydrogen-bond acceptors (Lipinski definition) is 8. The minimum atomic E-state index is 0.415. The van der Waals surface area contributed by atoms with Gasteiger partial charge in [0.15, 0.2) is 5.65 Å². The number of pyridine rings is 1. The molecule has 4 aromatic rings. The summed E-state index contributed by atoms with van der Waals surface area (Å²) >= 11 is 0. The smallest absolute Gasteiger partial charge is 0.253 e. The maximum absolute atomic E-state index is 5.46. The van der Waals surface area contributed by atoms with E-state index < -0.39 is 0 Å². The van der Waals surface area contributed by atoms with Crippen LogP contribution in [0, 0.1) is 6.92 Å². The molecule has 0 unspecified atom stereocenters. The van der Waals surface area contributed by atoms with Crippen molar-refractivity contribution in [2.75, 3.05) is 19.5 Å². The first-order valence-electron chi connectivity index (χ1n) is 8.16. The van der Waals surface area contributed by atoms with Crippen molar-refractivity contribution in [3.8, 4) is 17.6 Å². The zero-order valence-corrected chi connectivity index (χ0v) is 15.3. The Balaban J connectivity index is 1.70. The number of rotatable bonds is 5. The highest BCUT2D eigenvalue weighted by molar-refractivity contribution is 5.84. The van der Waals surface area contributed by atoms with Crippen LogP contribution < -0.4 is 14.8 Å². The lowest BCUT2D eigenvalue weighted by Gasteiger charge is -2.08. The molecule has 0 aromatic carbocycles. The van der Waals surface area contributed by atoms with Crippen molar-refractivity contribution < 1.29 is 9.47 Å². The lowest BCUT2D eigenvalue weighted by Crippen LogP contribution is -2.02. The van der Waals surface area contributed by atoms with E-state index in [9.17, 15) is 0 Å². The molecule has 10 heteroatoms. The first-order chi connectivity index (χ1) is 13.1. The number of aryl methyl sites for hydroxylation is 2. The molecular weight excluding hydrogens is 348 g/mol. The molecule has 4 rings (SSSR count). The van der Waals surface area contributed by atoms with Gasteiger partial charge >= 0.3 is 0 Å². The second kappa shape index (κ2) is 6.56. The maximum Gasteiger partial charge on any atom is 0.253 e. The number of nitrogens with zero attached hydrogens (tertiary/aromatic N) is 7. The summed E-state index contributed by atoms with van der Waals surface area (Å²) in [7, 11) is 5.01. The van der Waals surface area contributed by atoms with Gasteiger partial charge in [-0.3, -0.25) is 4.68 Å². The van der Waals surface area contributed by atoms with E-state index in [1.807, 2.05) is 20.0 Å². The Bertz CT molecular complexity index is 1120. The molecule has 4 heterocycles. The lowest BCUT2D eigenvalue weighted by molar-refractivity contribution is 0.395. The van der Waals surface area contributed by atoms with Crippen LogP contribution in [0.3, 0.4) is 0 Å². The molecule has 0 aliphatic rings. The van der Waals surface area contributed by atoms with Gasteiger partial charge in [0.2, 0.25) is 5.88 Å². The minimum absolute atomic E-state index is 0.415. The van der Waals surface area contributed by atoms with Gasteiger partial charge in [-0.25, -0.2) is 14.6 Å². The van der Waals surface area contributed by atoms with Crippen LogP contribution in [0.5, 0.6) is 11.6 Å². The molecule has 4 aromatic heterocycles. The molecule has 0 saturated carbocycles. The fourth-order valence-corrected chi connectivity index (χ4v) is 2.70. The van der Waals surface area contributed by atoms with Gasteiger partial charge in [-0.05, 0) is 6.92 Å². The molecule has 0 amide bonds. The Kier molecular flexibility index (Phi) is 4.07. The molecule has 0 atom stereocenters. The summed E-state index contributed by atoms with van der Waals surface area (Å²) < 4.78 is 13.9. The maximum atomic E-state index is 5.46. The van der Waals surface area contributed by atoms with Gasteiger partial charge in [0.05, 0.1) is 43.4 Å². The van der Waals surface area contributed by atoms with Gasteiger partial charge in [0.25, 0.3) is 5.95 Å². The van der Waals surface area contributed by atoms with E-state index in [0.29, 0.717) is 23.4 Å². The second-order valence-electron chi connectivity index (χ2n) is 5.81. The van der Waals surface area contributed by atoms with E-state index in [1.165, 1.54) is 0 Å². The molecule has 0 fully saturated rings. The topological polar surface area (TPSA) is 105 Å². The number of hydrogen-bond donors (Lipinski definition) is 1. The number of fused-ring (bicyclic) bond motifs is 1. The molecule has 138 valence electrons. The highest BCUT2D eigenvalue weighted by Crippen LogP contribution is 2.29. The van der Waals surface area contributed by atoms with Crippen molar-refractivity contribution in [3.05, 3.63) is 36.4 Å². The van der Waals surface area contributed by atoms with Crippen LogP contribution in [0.15, 0.2) is 30.7 Å². The van der Waals surface area contributed by atoms with Crippen LogP contribution in [-0.2, 0) is 7.05 Å². The molecule has 0 aliphatic heterocycles. The Morgan fingerprint density at radius 3 is 2.78 bits per heavy atom. The van der Waals surface area contributed by atoms with Crippen molar-refractivity contribution in [2.24, 2.45) is 7.05 Å². The Morgan fingerprint density at radius 1 is 1.15 bits per heavy atom. The van der Waals surface area contributed by atoms with Crippen LogP contribution in [0.2, 0.25) is 0 Å². The van der Waals surface area contributed by atoms with Crippen molar-refractivity contribution in [1.82, 2.24) is 34.5 Å². The number of aromatic nitrogens is 7. The Morgan fingerprint density at radius 2 is 2.00 bits per heavy atom. The van der Waals surface area contributed by atoms with Gasteiger partial charge in [-0.2, -0.15) is 15.2 Å². The standard InChI is InChI=1S/C17H18N8O2/c1-10-12(9-25(23-10)17-18-6-5-15(22-17)27-4)20-14-7-13(26-3)11-8-19-24(2)16(11)21-14/h5-9H,1-4H3,(H,20,21). The van der Waals surface area contributed by atoms with E-state index in [2.05, 4.69) is 30.5 Å². The summed E-state index contributed by atoms with van der Waals surface area (Å²) in [6.45, 7) is 1.89. The van der Waals surface area contributed by atoms with Gasteiger partial charge < -0.3 is 14.8 Å². The quantitative estimate of drug-likeness (QED) is 0.572. The second-order valence-corrected chi connectivity index (χ2v) is 5.81. The summed E-state index contributed by atoms with van der Waals surface area (Å²) in [6.07, 6.45) is 5.15. The van der Waals surface area contributed by atoms with Crippen LogP contribution >= 0.6 is 0 Å². The molecule has 0 radical (unpaired) electrons. The van der Waals surface area contributed by atoms with Crippen LogP contribution in [0.4, 0.5) is 11.5 Å². The molecule has 0 bridgehead atoms. The molecule has 27 heavy (non-hydrogen) atoms. The molecule has 10 nitrogen and oxygen atoms in total. The summed E-state index contributed by atoms with van der Waals surface area (Å²) in [5.41, 5.74) is 2.27. The van der Waals surface area contributed by atoms with Crippen LogP contribution in [0.1, 0.15) is 5.69 Å². The normalized spacial score (nSPS) is 11.0. The van der Waals surface area contributed by atoms with Gasteiger partial charge in [-0.15, -0.1) is 0 Å². The highest BCUT2D eigenvalue weighted by atomic mass is 16.5. The van der Waals surface area contributed by atoms with E-state index in [-0.39, 0.29) is 0 Å². The third-order valence-electron chi connectivity index (χ3n) is 4.08. The monoisotopic (exact) mass is 366 g/mol. The zero-order chi connectivity index (χ0) is 19.0. The predicted molar refractivity (Wildman–Crippen MR) is 98.8 cm³/mol. The van der Waals surface area contributed by atoms with Crippen molar-refractivity contribution >= 4 is 22.5 Å². The number of nitrogens with one attached hydrogen (secondary N) is 1. The fraction of sp³-hybridized carbons (Fsp3) is 0.235.